The molecule has 0 fully saturated rings. The van der Waals surface area contributed by atoms with Crippen LogP contribution in [-0.4, -0.2) is 36.7 Å². The van der Waals surface area contributed by atoms with Crippen LogP contribution >= 0.6 is 0 Å². The van der Waals surface area contributed by atoms with Crippen molar-refractivity contribution < 1.29 is 37.4 Å². The van der Waals surface area contributed by atoms with E-state index in [2.05, 4.69) is 20.1 Å². The molecular formula is C20H18F2N2O6. The van der Waals surface area contributed by atoms with E-state index in [1.165, 1.54) is 19.1 Å². The van der Waals surface area contributed by atoms with Gasteiger partial charge in [0, 0.05) is 17.3 Å². The molecule has 1 heterocycles. The number of hydrogen-bond donors (Lipinski definition) is 2. The molecule has 8 nitrogen and oxygen atoms in total. The lowest BCUT2D eigenvalue weighted by atomic mass is 10.1. The molecule has 0 bridgehead atoms. The number of ether oxygens (including phenoxy) is 3. The summed E-state index contributed by atoms with van der Waals surface area (Å²) in [6.45, 7) is 2.62. The third-order valence-corrected chi connectivity index (χ3v) is 4.01. The van der Waals surface area contributed by atoms with Crippen LogP contribution in [0.3, 0.4) is 0 Å². The highest BCUT2D eigenvalue weighted by Crippen LogP contribution is 2.42. The molecule has 3 rings (SSSR count). The third-order valence-electron chi connectivity index (χ3n) is 4.01. The summed E-state index contributed by atoms with van der Waals surface area (Å²) in [4.78, 5) is 36.1. The number of carbonyl (C=O) groups is 3. The minimum atomic E-state index is -3.76. The molecular weight excluding hydrogens is 402 g/mol. The molecule has 30 heavy (non-hydrogen) atoms. The smallest absolute Gasteiger partial charge is 0.454 e. The Morgan fingerprint density at radius 3 is 2.57 bits per heavy atom. The molecule has 0 saturated heterocycles. The average molecular weight is 420 g/mol. The second-order valence-corrected chi connectivity index (χ2v) is 6.55. The van der Waals surface area contributed by atoms with Crippen molar-refractivity contribution in [1.82, 2.24) is 5.32 Å². The topological polar surface area (TPSA) is 103 Å². The number of alkyl halides is 2. The van der Waals surface area contributed by atoms with Crippen LogP contribution in [0.1, 0.15) is 22.8 Å². The summed E-state index contributed by atoms with van der Waals surface area (Å²) in [6, 6.07) is 9.53. The van der Waals surface area contributed by atoms with Gasteiger partial charge in [-0.05, 0) is 38.1 Å². The van der Waals surface area contributed by atoms with Gasteiger partial charge in [0.2, 0.25) is 0 Å². The summed E-state index contributed by atoms with van der Waals surface area (Å²) < 4.78 is 39.5. The highest BCUT2D eigenvalue weighted by Gasteiger charge is 2.43. The van der Waals surface area contributed by atoms with Gasteiger partial charge in [0.25, 0.3) is 11.8 Å². The number of fused-ring (bicyclic) bond motifs is 1. The summed E-state index contributed by atoms with van der Waals surface area (Å²) in [7, 11) is 0. The highest BCUT2D eigenvalue weighted by atomic mass is 19.3. The highest BCUT2D eigenvalue weighted by molar-refractivity contribution is 5.97. The first-order chi connectivity index (χ1) is 14.1. The average Bonchev–Trinajstić information content (AvgIpc) is 2.99. The molecule has 1 atom stereocenters. The molecule has 2 amide bonds. The minimum Gasteiger partial charge on any atom is -0.454 e. The van der Waals surface area contributed by atoms with Gasteiger partial charge in [0.1, 0.15) is 6.04 Å². The Labute approximate surface area is 170 Å². The second-order valence-electron chi connectivity index (χ2n) is 6.55. The van der Waals surface area contributed by atoms with E-state index in [1.807, 2.05) is 13.0 Å². The van der Waals surface area contributed by atoms with E-state index in [-0.39, 0.29) is 17.2 Å². The van der Waals surface area contributed by atoms with Crippen LogP contribution < -0.4 is 20.1 Å². The fraction of sp³-hybridized carbons (Fsp3) is 0.250. The van der Waals surface area contributed by atoms with Crippen LogP contribution in [0.4, 0.5) is 14.5 Å². The lowest BCUT2D eigenvalue weighted by molar-refractivity contribution is -0.286. The van der Waals surface area contributed by atoms with E-state index in [0.29, 0.717) is 5.56 Å². The first kappa shape index (κ1) is 21.0. The molecule has 0 saturated carbocycles. The fourth-order valence-corrected chi connectivity index (χ4v) is 2.61. The molecule has 1 aliphatic heterocycles. The van der Waals surface area contributed by atoms with Crippen molar-refractivity contribution in [2.45, 2.75) is 26.2 Å². The van der Waals surface area contributed by atoms with Gasteiger partial charge in [-0.15, -0.1) is 8.78 Å². The summed E-state index contributed by atoms with van der Waals surface area (Å²) in [5, 5.41) is 4.87. The monoisotopic (exact) mass is 420 g/mol. The van der Waals surface area contributed by atoms with Crippen LogP contribution in [0.15, 0.2) is 42.5 Å². The van der Waals surface area contributed by atoms with E-state index in [0.717, 1.165) is 11.6 Å². The third kappa shape index (κ3) is 5.22. The van der Waals surface area contributed by atoms with Crippen molar-refractivity contribution in [3.8, 4) is 11.5 Å². The Kier molecular flexibility index (Phi) is 5.86. The first-order valence-electron chi connectivity index (χ1n) is 8.87. The second kappa shape index (κ2) is 8.36. The number of benzene rings is 2. The molecule has 0 aromatic heterocycles. The van der Waals surface area contributed by atoms with Crippen molar-refractivity contribution in [3.63, 3.8) is 0 Å². The zero-order chi connectivity index (χ0) is 21.9. The quantitative estimate of drug-likeness (QED) is 0.697. The molecule has 10 heteroatoms. The van der Waals surface area contributed by atoms with Gasteiger partial charge in [-0.3, -0.25) is 9.59 Å². The Morgan fingerprint density at radius 2 is 1.83 bits per heavy atom. The van der Waals surface area contributed by atoms with Gasteiger partial charge < -0.3 is 24.8 Å². The predicted molar refractivity (Wildman–Crippen MR) is 100 cm³/mol. The summed E-state index contributed by atoms with van der Waals surface area (Å²) >= 11 is 0. The summed E-state index contributed by atoms with van der Waals surface area (Å²) in [5.74, 6) is -2.36. The van der Waals surface area contributed by atoms with Gasteiger partial charge in [-0.25, -0.2) is 4.79 Å². The summed E-state index contributed by atoms with van der Waals surface area (Å²) in [5.41, 5.74) is 1.43. The van der Waals surface area contributed by atoms with E-state index < -0.39 is 36.7 Å². The number of amides is 2. The van der Waals surface area contributed by atoms with Crippen LogP contribution in [0.25, 0.3) is 0 Å². The SMILES string of the molecule is Cc1cccc(C(=O)N[C@@H](C)C(=O)OCC(=O)Nc2ccc3c(c2)OC(F)(F)O3)c1. The molecule has 2 aromatic carbocycles. The van der Waals surface area contributed by atoms with Crippen molar-refractivity contribution >= 4 is 23.5 Å². The van der Waals surface area contributed by atoms with Crippen molar-refractivity contribution in [1.29, 1.82) is 0 Å². The molecule has 1 aliphatic rings. The van der Waals surface area contributed by atoms with E-state index in [1.54, 1.807) is 18.2 Å². The Bertz CT molecular complexity index is 995. The molecule has 0 aliphatic carbocycles. The zero-order valence-corrected chi connectivity index (χ0v) is 16.0. The minimum absolute atomic E-state index is 0.150. The molecule has 2 aromatic rings. The maximum Gasteiger partial charge on any atom is 0.586 e. The first-order valence-corrected chi connectivity index (χ1v) is 8.87. The normalized spacial score (nSPS) is 14.5. The van der Waals surface area contributed by atoms with E-state index in [4.69, 9.17) is 4.74 Å². The molecule has 0 spiro atoms. The number of rotatable bonds is 6. The number of esters is 1. The fourth-order valence-electron chi connectivity index (χ4n) is 2.61. The Morgan fingerprint density at radius 1 is 1.10 bits per heavy atom. The lowest BCUT2D eigenvalue weighted by Gasteiger charge is -2.13. The van der Waals surface area contributed by atoms with Crippen LogP contribution in [-0.2, 0) is 14.3 Å². The Hall–Kier alpha value is -3.69. The number of aryl methyl sites for hydroxylation is 1. The van der Waals surface area contributed by atoms with Crippen LogP contribution in [0.5, 0.6) is 11.5 Å². The van der Waals surface area contributed by atoms with Gasteiger partial charge in [0.05, 0.1) is 0 Å². The van der Waals surface area contributed by atoms with Gasteiger partial charge in [0.15, 0.2) is 18.1 Å². The molecule has 158 valence electrons. The number of carbonyl (C=O) groups excluding carboxylic acids is 3. The van der Waals surface area contributed by atoms with Crippen molar-refractivity contribution in [3.05, 3.63) is 53.6 Å². The maximum atomic E-state index is 13.0. The molecule has 0 radical (unpaired) electrons. The van der Waals surface area contributed by atoms with Gasteiger partial charge in [-0.2, -0.15) is 0 Å². The number of nitrogens with one attached hydrogen (secondary N) is 2. The maximum absolute atomic E-state index is 13.0. The van der Waals surface area contributed by atoms with Crippen molar-refractivity contribution in [2.75, 3.05) is 11.9 Å². The largest absolute Gasteiger partial charge is 0.586 e. The van der Waals surface area contributed by atoms with Crippen LogP contribution in [0.2, 0.25) is 0 Å². The van der Waals surface area contributed by atoms with Gasteiger partial charge in [-0.1, -0.05) is 17.7 Å². The number of anilines is 1. The van der Waals surface area contributed by atoms with Crippen LogP contribution in [0, 0.1) is 6.92 Å². The number of hydrogen-bond acceptors (Lipinski definition) is 6. The molecule has 0 unspecified atom stereocenters. The predicted octanol–water partition coefficient (Wildman–Crippen LogP) is 2.62. The van der Waals surface area contributed by atoms with Gasteiger partial charge >= 0.3 is 12.3 Å². The van der Waals surface area contributed by atoms with E-state index in [9.17, 15) is 23.2 Å². The standard InChI is InChI=1S/C20H18F2N2O6/c1-11-4-3-5-13(8-11)18(26)23-12(2)19(27)28-10-17(25)24-14-6-7-15-16(9-14)30-20(21,22)29-15/h3-9,12H,10H2,1-2H3,(H,23,26)(H,24,25)/t12-/m0/s1. The summed E-state index contributed by atoms with van der Waals surface area (Å²) in [6.07, 6.45) is -3.76. The zero-order valence-electron chi connectivity index (χ0n) is 16.0. The van der Waals surface area contributed by atoms with E-state index >= 15 is 0 Å². The van der Waals surface area contributed by atoms with Crippen molar-refractivity contribution in [2.24, 2.45) is 0 Å². The number of halogens is 2. The molecule has 2 N–H and O–H groups in total. The Balaban J connectivity index is 1.47. The lowest BCUT2D eigenvalue weighted by Crippen LogP contribution is -2.40.